The summed E-state index contributed by atoms with van der Waals surface area (Å²) in [6, 6.07) is 14.0. The Hall–Kier alpha value is -4.02. The molecule has 0 atom stereocenters. The van der Waals surface area contributed by atoms with Crippen molar-refractivity contribution < 1.29 is 4.39 Å². The number of aliphatic imine (C=N–C) groups is 1. The third-order valence-corrected chi connectivity index (χ3v) is 7.98. The molecule has 2 aromatic carbocycles. The number of guanidine groups is 1. The lowest BCUT2D eigenvalue weighted by molar-refractivity contribution is 0.514. The molecule has 256 valence electrons. The number of aromatic amines is 1. The van der Waals surface area contributed by atoms with Crippen LogP contribution in [0.1, 0.15) is 95.7 Å². The van der Waals surface area contributed by atoms with E-state index in [1.165, 1.54) is 5.56 Å². The molecule has 4 rings (SSSR count). The number of H-pyrrole nitrogens is 1. The summed E-state index contributed by atoms with van der Waals surface area (Å²) in [5.74, 6) is 0.102. The van der Waals surface area contributed by atoms with E-state index in [1.807, 2.05) is 49.5 Å². The minimum absolute atomic E-state index is 0.0208. The molecule has 0 saturated carbocycles. The number of hydrogen-bond acceptors (Lipinski definition) is 5. The van der Waals surface area contributed by atoms with Crippen LogP contribution in [0, 0.1) is 5.82 Å². The van der Waals surface area contributed by atoms with Crippen LogP contribution in [0.3, 0.4) is 0 Å². The molecule has 0 aliphatic rings. The lowest BCUT2D eigenvalue weighted by atomic mass is 9.83. The molecular formula is C37H55FN8O. The van der Waals surface area contributed by atoms with Crippen molar-refractivity contribution in [2.75, 3.05) is 19.6 Å². The van der Waals surface area contributed by atoms with E-state index in [9.17, 15) is 9.18 Å². The topological polar surface area (TPSA) is 153 Å². The van der Waals surface area contributed by atoms with Gasteiger partial charge < -0.3 is 27.5 Å². The number of rotatable bonds is 12. The molecule has 0 spiro atoms. The first-order valence-electron chi connectivity index (χ1n) is 16.6. The molecule has 0 radical (unpaired) electrons. The van der Waals surface area contributed by atoms with Gasteiger partial charge in [-0.05, 0) is 91.1 Å². The Morgan fingerprint density at radius 3 is 2.28 bits per heavy atom. The first-order valence-corrected chi connectivity index (χ1v) is 16.6. The van der Waals surface area contributed by atoms with Gasteiger partial charge in [0.2, 0.25) is 0 Å². The average Bonchev–Trinajstić information content (AvgIpc) is 3.43. The Morgan fingerprint density at radius 1 is 0.979 bits per heavy atom. The van der Waals surface area contributed by atoms with Gasteiger partial charge in [-0.3, -0.25) is 9.56 Å². The van der Waals surface area contributed by atoms with Crippen molar-refractivity contribution in [3.05, 3.63) is 92.9 Å². The Kier molecular flexibility index (Phi) is 13.3. The van der Waals surface area contributed by atoms with Crippen molar-refractivity contribution in [2.45, 2.75) is 97.9 Å². The fourth-order valence-electron chi connectivity index (χ4n) is 5.17. The van der Waals surface area contributed by atoms with Crippen LogP contribution in [0.15, 0.2) is 58.4 Å². The predicted octanol–water partition coefficient (Wildman–Crippen LogP) is 5.73. The third kappa shape index (κ3) is 11.0. The number of hydrogen-bond donors (Lipinski definition) is 5. The van der Waals surface area contributed by atoms with Gasteiger partial charge in [0.05, 0.1) is 5.69 Å². The molecule has 10 heteroatoms. The van der Waals surface area contributed by atoms with E-state index in [0.29, 0.717) is 12.2 Å². The normalized spacial score (nSPS) is 11.8. The van der Waals surface area contributed by atoms with Crippen LogP contribution in [0.25, 0.3) is 16.7 Å². The van der Waals surface area contributed by atoms with Gasteiger partial charge in [-0.25, -0.2) is 9.18 Å². The zero-order valence-corrected chi connectivity index (χ0v) is 29.3. The van der Waals surface area contributed by atoms with Gasteiger partial charge >= 0.3 is 5.69 Å². The molecular weight excluding hydrogens is 591 g/mol. The predicted molar refractivity (Wildman–Crippen MR) is 194 cm³/mol. The number of nitrogens with one attached hydrogen (secondary N) is 2. The second-order valence-electron chi connectivity index (χ2n) is 14.1. The molecule has 0 aliphatic carbocycles. The number of aromatic nitrogens is 3. The van der Waals surface area contributed by atoms with Gasteiger partial charge in [0.15, 0.2) is 5.96 Å². The minimum atomic E-state index is -0.301. The zero-order chi connectivity index (χ0) is 34.8. The van der Waals surface area contributed by atoms with Gasteiger partial charge in [0.25, 0.3) is 0 Å². The molecule has 8 N–H and O–H groups in total. The number of benzene rings is 2. The molecule has 0 amide bonds. The fraction of sp³-hybridized carbons (Fsp3) is 0.486. The van der Waals surface area contributed by atoms with E-state index in [0.717, 1.165) is 85.2 Å². The molecule has 47 heavy (non-hydrogen) atoms. The van der Waals surface area contributed by atoms with Gasteiger partial charge in [0, 0.05) is 35.8 Å². The van der Waals surface area contributed by atoms with Crippen molar-refractivity contribution in [1.82, 2.24) is 19.9 Å². The van der Waals surface area contributed by atoms with Gasteiger partial charge in [-0.15, -0.1) is 0 Å². The minimum Gasteiger partial charge on any atom is -0.370 e. The summed E-state index contributed by atoms with van der Waals surface area (Å²) in [5, 5.41) is 4.27. The van der Waals surface area contributed by atoms with Crippen LogP contribution in [-0.4, -0.2) is 40.1 Å². The van der Waals surface area contributed by atoms with Crippen LogP contribution < -0.4 is 28.2 Å². The van der Waals surface area contributed by atoms with Crippen molar-refractivity contribution >= 4 is 17.0 Å². The van der Waals surface area contributed by atoms with E-state index in [-0.39, 0.29) is 28.3 Å². The second-order valence-corrected chi connectivity index (χ2v) is 14.1. The van der Waals surface area contributed by atoms with Gasteiger partial charge in [0.1, 0.15) is 11.5 Å². The number of fused-ring (bicyclic) bond motifs is 1. The highest BCUT2D eigenvalue weighted by Gasteiger charge is 2.21. The molecule has 4 aromatic rings. The number of aryl methyl sites for hydroxylation is 2. The fourth-order valence-corrected chi connectivity index (χ4v) is 5.17. The number of nitrogens with two attached hydrogens (primary N) is 3. The van der Waals surface area contributed by atoms with Gasteiger partial charge in [-0.2, -0.15) is 4.98 Å². The monoisotopic (exact) mass is 646 g/mol. The van der Waals surface area contributed by atoms with Crippen LogP contribution >= 0.6 is 0 Å². The Morgan fingerprint density at radius 2 is 1.68 bits per heavy atom. The maximum Gasteiger partial charge on any atom is 0.354 e. The first-order chi connectivity index (χ1) is 22.1. The molecule has 0 bridgehead atoms. The molecule has 2 heterocycles. The second kappa shape index (κ2) is 16.7. The van der Waals surface area contributed by atoms with E-state index in [2.05, 4.69) is 67.9 Å². The molecule has 0 unspecified atom stereocenters. The van der Waals surface area contributed by atoms with E-state index in [1.54, 1.807) is 4.57 Å². The standard InChI is InChI=1S/C21H29N7O.C16H26FN/c1-21(2,3)17-11-15-13-28(20(29)27-18(15)26-17)16-7-5-14(6-8-16)12-24-9-4-10-25-19(22)23;1-5-13-10-12(8-6-7-9-18)11-14(15(13)17)16(2,3)4/h5-8,11,13,24H,4,9-10,12H2,1-3H3,(H4,22,23,25)(H,26,27,29);10-11H,5-9,18H2,1-4H3. The summed E-state index contributed by atoms with van der Waals surface area (Å²) in [7, 11) is 0. The molecule has 0 saturated heterocycles. The maximum absolute atomic E-state index is 14.3. The first kappa shape index (κ1) is 37.4. The van der Waals surface area contributed by atoms with Crippen molar-refractivity contribution in [2.24, 2.45) is 22.2 Å². The average molecular weight is 647 g/mol. The van der Waals surface area contributed by atoms with Crippen LogP contribution in [0.5, 0.6) is 0 Å². The third-order valence-electron chi connectivity index (χ3n) is 7.98. The molecule has 2 aromatic heterocycles. The number of unbranched alkanes of at least 4 members (excludes halogenated alkanes) is 1. The van der Waals surface area contributed by atoms with E-state index in [4.69, 9.17) is 17.2 Å². The van der Waals surface area contributed by atoms with Crippen LogP contribution in [0.4, 0.5) is 4.39 Å². The van der Waals surface area contributed by atoms with Gasteiger partial charge in [-0.1, -0.05) is 72.7 Å². The maximum atomic E-state index is 14.3. The lowest BCUT2D eigenvalue weighted by Crippen LogP contribution is -2.23. The summed E-state index contributed by atoms with van der Waals surface area (Å²) in [6.45, 7) is 17.5. The van der Waals surface area contributed by atoms with Crippen LogP contribution in [0.2, 0.25) is 0 Å². The summed E-state index contributed by atoms with van der Waals surface area (Å²) in [4.78, 5) is 23.9. The van der Waals surface area contributed by atoms with E-state index >= 15 is 0 Å². The quantitative estimate of drug-likeness (QED) is 0.0753. The Balaban J connectivity index is 0.000000287. The molecule has 0 aliphatic heterocycles. The number of halogens is 1. The highest BCUT2D eigenvalue weighted by atomic mass is 19.1. The summed E-state index contributed by atoms with van der Waals surface area (Å²) in [5.41, 5.74) is 22.2. The van der Waals surface area contributed by atoms with Crippen molar-refractivity contribution in [3.63, 3.8) is 0 Å². The van der Waals surface area contributed by atoms with E-state index < -0.39 is 0 Å². The van der Waals surface area contributed by atoms with Crippen molar-refractivity contribution in [3.8, 4) is 5.69 Å². The molecule has 9 nitrogen and oxygen atoms in total. The summed E-state index contributed by atoms with van der Waals surface area (Å²) in [6.07, 6.45) is 6.56. The zero-order valence-electron chi connectivity index (χ0n) is 29.3. The number of nitrogens with zero attached hydrogens (tertiary/aromatic N) is 3. The highest BCUT2D eigenvalue weighted by molar-refractivity contribution is 5.76. The summed E-state index contributed by atoms with van der Waals surface area (Å²) < 4.78 is 15.9. The smallest absolute Gasteiger partial charge is 0.354 e. The largest absolute Gasteiger partial charge is 0.370 e. The van der Waals surface area contributed by atoms with Crippen molar-refractivity contribution in [1.29, 1.82) is 0 Å². The highest BCUT2D eigenvalue weighted by Crippen LogP contribution is 2.29. The lowest BCUT2D eigenvalue weighted by Gasteiger charge is -2.22. The SMILES string of the molecule is CC(C)(C)c1cc2cn(-c3ccc(CNCCCN=C(N)N)cc3)c(=O)nc2[nH]1.CCc1cc(CCCCN)cc(C(C)(C)C)c1F. The Labute approximate surface area is 279 Å². The Bertz CT molecular complexity index is 1670. The van der Waals surface area contributed by atoms with Crippen LogP contribution in [-0.2, 0) is 30.2 Å². The molecule has 0 fully saturated rings. The summed E-state index contributed by atoms with van der Waals surface area (Å²) >= 11 is 0.